The zero-order valence-corrected chi connectivity index (χ0v) is 26.1. The first-order valence-electron chi connectivity index (χ1n) is 14.0. The number of nitrogens with one attached hydrogen (secondary N) is 1. The number of carbonyl (C=O) groups is 2. The van der Waals surface area contributed by atoms with Gasteiger partial charge in [0.1, 0.15) is 12.6 Å². The van der Waals surface area contributed by atoms with Crippen LogP contribution in [0.4, 0.5) is 5.69 Å². The lowest BCUT2D eigenvalue weighted by Gasteiger charge is -2.33. The second-order valence-electron chi connectivity index (χ2n) is 10.4. The maximum atomic E-state index is 14.2. The fourth-order valence-electron chi connectivity index (χ4n) is 4.70. The molecule has 220 valence electrons. The number of sulfonamides is 1. The van der Waals surface area contributed by atoms with E-state index in [0.29, 0.717) is 29.2 Å². The highest BCUT2D eigenvalue weighted by molar-refractivity contribution is 7.92. The molecule has 0 aliphatic carbocycles. The van der Waals surface area contributed by atoms with Crippen molar-refractivity contribution in [3.05, 3.63) is 94.0 Å². The molecular weight excluding hydrogens is 558 g/mol. The normalized spacial score (nSPS) is 12.0. The monoisotopic (exact) mass is 597 g/mol. The van der Waals surface area contributed by atoms with Gasteiger partial charge in [-0.3, -0.25) is 13.9 Å². The topological polar surface area (TPSA) is 86.8 Å². The van der Waals surface area contributed by atoms with Crippen molar-refractivity contribution in [3.63, 3.8) is 0 Å². The van der Waals surface area contributed by atoms with Gasteiger partial charge in [0.05, 0.1) is 10.6 Å². The van der Waals surface area contributed by atoms with Crippen LogP contribution < -0.4 is 9.62 Å². The molecule has 3 aromatic carbocycles. The van der Waals surface area contributed by atoms with E-state index >= 15 is 0 Å². The molecule has 1 atom stereocenters. The van der Waals surface area contributed by atoms with E-state index in [1.807, 2.05) is 46.8 Å². The van der Waals surface area contributed by atoms with Crippen LogP contribution in [0.5, 0.6) is 0 Å². The van der Waals surface area contributed by atoms with E-state index < -0.39 is 28.5 Å². The predicted octanol–water partition coefficient (Wildman–Crippen LogP) is 6.18. The fourth-order valence-corrected chi connectivity index (χ4v) is 6.29. The van der Waals surface area contributed by atoms with Gasteiger partial charge >= 0.3 is 0 Å². The van der Waals surface area contributed by atoms with E-state index in [9.17, 15) is 18.0 Å². The molecule has 0 heterocycles. The van der Waals surface area contributed by atoms with E-state index in [2.05, 4.69) is 5.32 Å². The number of halogens is 1. The van der Waals surface area contributed by atoms with Crippen LogP contribution >= 0.6 is 11.6 Å². The molecule has 0 bridgehead atoms. The Labute approximate surface area is 249 Å². The number of benzene rings is 3. The predicted molar refractivity (Wildman–Crippen MR) is 166 cm³/mol. The van der Waals surface area contributed by atoms with Gasteiger partial charge < -0.3 is 10.2 Å². The van der Waals surface area contributed by atoms with Gasteiger partial charge in [-0.05, 0) is 80.6 Å². The summed E-state index contributed by atoms with van der Waals surface area (Å²) in [7, 11) is -4.13. The molecular formula is C32H40ClN3O4S. The van der Waals surface area contributed by atoms with Crippen LogP contribution in [0.25, 0.3) is 0 Å². The maximum Gasteiger partial charge on any atom is 0.264 e. The first kappa shape index (κ1) is 32.2. The third-order valence-corrected chi connectivity index (χ3v) is 9.05. The van der Waals surface area contributed by atoms with Crippen molar-refractivity contribution < 1.29 is 18.0 Å². The number of hydrogen-bond acceptors (Lipinski definition) is 4. The fraction of sp³-hybridized carbons (Fsp3) is 0.375. The Morgan fingerprint density at radius 2 is 1.54 bits per heavy atom. The van der Waals surface area contributed by atoms with Crippen LogP contribution in [0.15, 0.2) is 71.6 Å². The highest BCUT2D eigenvalue weighted by Crippen LogP contribution is 2.27. The molecule has 7 nitrogen and oxygen atoms in total. The van der Waals surface area contributed by atoms with Crippen molar-refractivity contribution in [2.75, 3.05) is 17.4 Å². The lowest BCUT2D eigenvalue weighted by Crippen LogP contribution is -2.52. The van der Waals surface area contributed by atoms with E-state index in [1.54, 1.807) is 54.6 Å². The van der Waals surface area contributed by atoms with Crippen LogP contribution in [0, 0.1) is 20.8 Å². The Kier molecular flexibility index (Phi) is 11.4. The van der Waals surface area contributed by atoms with Crippen molar-refractivity contribution in [3.8, 4) is 0 Å². The molecule has 0 saturated heterocycles. The lowest BCUT2D eigenvalue weighted by atomic mass is 10.1. The lowest BCUT2D eigenvalue weighted by molar-refractivity contribution is -0.140. The highest BCUT2D eigenvalue weighted by Gasteiger charge is 2.34. The van der Waals surface area contributed by atoms with Crippen molar-refractivity contribution in [2.45, 2.75) is 71.4 Å². The molecule has 0 saturated carbocycles. The minimum absolute atomic E-state index is 0.0590. The zero-order valence-electron chi connectivity index (χ0n) is 24.5. The van der Waals surface area contributed by atoms with Gasteiger partial charge in [-0.15, -0.1) is 0 Å². The number of aryl methyl sites for hydroxylation is 3. The van der Waals surface area contributed by atoms with Crippen molar-refractivity contribution >= 4 is 39.1 Å². The molecule has 3 aromatic rings. The van der Waals surface area contributed by atoms with Crippen LogP contribution in [0.1, 0.15) is 55.4 Å². The summed E-state index contributed by atoms with van der Waals surface area (Å²) in [5.74, 6) is -0.780. The number of rotatable bonds is 13. The van der Waals surface area contributed by atoms with Crippen molar-refractivity contribution in [1.29, 1.82) is 0 Å². The number of hydrogen-bond donors (Lipinski definition) is 1. The van der Waals surface area contributed by atoms with Crippen molar-refractivity contribution in [1.82, 2.24) is 10.2 Å². The molecule has 0 radical (unpaired) electrons. The molecule has 1 unspecified atom stereocenters. The number of anilines is 1. The maximum absolute atomic E-state index is 14.2. The quantitative estimate of drug-likeness (QED) is 0.238. The molecule has 41 heavy (non-hydrogen) atoms. The second-order valence-corrected chi connectivity index (χ2v) is 12.6. The van der Waals surface area contributed by atoms with Gasteiger partial charge in [0.15, 0.2) is 0 Å². The van der Waals surface area contributed by atoms with E-state index in [-0.39, 0.29) is 17.3 Å². The Bertz CT molecular complexity index is 1440. The van der Waals surface area contributed by atoms with Crippen LogP contribution in [-0.4, -0.2) is 44.3 Å². The third kappa shape index (κ3) is 8.33. The SMILES string of the molecule is CCCCNC(=O)C(CC)N(Cc1ccccc1Cl)C(=O)CN(c1cc(C)cc(C)c1)S(=O)(=O)c1ccc(C)cc1. The summed E-state index contributed by atoms with van der Waals surface area (Å²) >= 11 is 6.46. The summed E-state index contributed by atoms with van der Waals surface area (Å²) in [6, 6.07) is 18.3. The Balaban J connectivity index is 2.08. The molecule has 0 aliphatic heterocycles. The van der Waals surface area contributed by atoms with Gasteiger partial charge in [-0.1, -0.05) is 73.8 Å². The zero-order chi connectivity index (χ0) is 30.2. The summed E-state index contributed by atoms with van der Waals surface area (Å²) in [5, 5.41) is 3.40. The number of amides is 2. The summed E-state index contributed by atoms with van der Waals surface area (Å²) in [6.45, 7) is 9.58. The average molecular weight is 598 g/mol. The molecule has 3 rings (SSSR count). The smallest absolute Gasteiger partial charge is 0.264 e. The minimum atomic E-state index is -4.13. The average Bonchev–Trinajstić information content (AvgIpc) is 2.92. The van der Waals surface area contributed by atoms with Gasteiger partial charge in [-0.25, -0.2) is 8.42 Å². The minimum Gasteiger partial charge on any atom is -0.354 e. The summed E-state index contributed by atoms with van der Waals surface area (Å²) in [4.78, 5) is 29.0. The molecule has 0 aromatic heterocycles. The van der Waals surface area contributed by atoms with Crippen molar-refractivity contribution in [2.24, 2.45) is 0 Å². The first-order valence-corrected chi connectivity index (χ1v) is 15.8. The molecule has 0 aliphatic rings. The first-order chi connectivity index (χ1) is 19.5. The summed E-state index contributed by atoms with van der Waals surface area (Å²) in [5.41, 5.74) is 3.71. The van der Waals surface area contributed by atoms with E-state index in [1.165, 1.54) is 4.90 Å². The van der Waals surface area contributed by atoms with Crippen LogP contribution in [0.2, 0.25) is 5.02 Å². The molecule has 9 heteroatoms. The Hall–Kier alpha value is -3.36. The third-order valence-electron chi connectivity index (χ3n) is 6.90. The Morgan fingerprint density at radius 1 is 0.902 bits per heavy atom. The molecule has 2 amide bonds. The van der Waals surface area contributed by atoms with Gasteiger partial charge in [0.25, 0.3) is 10.0 Å². The van der Waals surface area contributed by atoms with E-state index in [0.717, 1.165) is 33.8 Å². The Morgan fingerprint density at radius 3 is 2.12 bits per heavy atom. The summed E-state index contributed by atoms with van der Waals surface area (Å²) < 4.78 is 29.2. The number of unbranched alkanes of at least 4 members (excludes halogenated alkanes) is 1. The standard InChI is InChI=1S/C32H40ClN3O4S/c1-6-8-17-34-32(38)30(7-2)35(21-26-11-9-10-12-29(26)33)31(37)22-36(27-19-24(4)18-25(5)20-27)41(39,40)28-15-13-23(3)14-16-28/h9-16,18-20,30H,6-8,17,21-22H2,1-5H3,(H,34,38). The number of nitrogens with zero attached hydrogens (tertiary/aromatic N) is 2. The van der Waals surface area contributed by atoms with Gasteiger partial charge in [-0.2, -0.15) is 0 Å². The largest absolute Gasteiger partial charge is 0.354 e. The van der Waals surface area contributed by atoms with Crippen LogP contribution in [-0.2, 0) is 26.2 Å². The second kappa shape index (κ2) is 14.5. The molecule has 1 N–H and O–H groups in total. The van der Waals surface area contributed by atoms with Gasteiger partial charge in [0, 0.05) is 18.1 Å². The summed E-state index contributed by atoms with van der Waals surface area (Å²) in [6.07, 6.45) is 2.08. The highest BCUT2D eigenvalue weighted by atomic mass is 35.5. The van der Waals surface area contributed by atoms with Crippen LogP contribution in [0.3, 0.4) is 0 Å². The molecule has 0 spiro atoms. The van der Waals surface area contributed by atoms with E-state index in [4.69, 9.17) is 11.6 Å². The number of carbonyl (C=O) groups excluding carboxylic acids is 2. The molecule has 0 fully saturated rings. The van der Waals surface area contributed by atoms with Gasteiger partial charge in [0.2, 0.25) is 11.8 Å².